The number of hydrogen-bond acceptors (Lipinski definition) is 9. The maximum absolute atomic E-state index is 12.8. The molecule has 198 valence electrons. The number of carbonyl (C=O) groups excluding carboxylic acids is 4. The summed E-state index contributed by atoms with van der Waals surface area (Å²) >= 11 is 0. The SMILES string of the molecule is CCOC(=O)c1nc(NC(=O)c2nc(NC(=O)c3nc(NC(=O)OC(C)(C)C)cn3C)cn2C)cn1C. The van der Waals surface area contributed by atoms with Crippen LogP contribution in [0.4, 0.5) is 22.2 Å². The van der Waals surface area contributed by atoms with Gasteiger partial charge in [-0.15, -0.1) is 0 Å². The summed E-state index contributed by atoms with van der Waals surface area (Å²) in [6, 6.07) is 0. The minimum absolute atomic E-state index is 0.0114. The lowest BCUT2D eigenvalue weighted by atomic mass is 10.2. The summed E-state index contributed by atoms with van der Waals surface area (Å²) in [4.78, 5) is 61.7. The molecule has 0 aliphatic rings. The molecule has 0 saturated carbocycles. The molecule has 0 spiro atoms. The fourth-order valence-electron chi connectivity index (χ4n) is 3.14. The van der Waals surface area contributed by atoms with Gasteiger partial charge in [-0.1, -0.05) is 0 Å². The van der Waals surface area contributed by atoms with E-state index in [4.69, 9.17) is 9.47 Å². The van der Waals surface area contributed by atoms with Crippen molar-refractivity contribution in [2.24, 2.45) is 21.1 Å². The third-order valence-corrected chi connectivity index (χ3v) is 4.61. The summed E-state index contributed by atoms with van der Waals surface area (Å²) < 4.78 is 14.4. The zero-order valence-corrected chi connectivity index (χ0v) is 21.6. The van der Waals surface area contributed by atoms with E-state index < -0.39 is 29.5 Å². The molecule has 0 radical (unpaired) electrons. The third-order valence-electron chi connectivity index (χ3n) is 4.61. The topological polar surface area (TPSA) is 176 Å². The second-order valence-electron chi connectivity index (χ2n) is 8.94. The van der Waals surface area contributed by atoms with Crippen molar-refractivity contribution < 1.29 is 28.7 Å². The lowest BCUT2D eigenvalue weighted by molar-refractivity contribution is 0.0507. The Labute approximate surface area is 212 Å². The molecule has 3 amide bonds. The van der Waals surface area contributed by atoms with Crippen LogP contribution in [0, 0.1) is 0 Å². The van der Waals surface area contributed by atoms with Crippen molar-refractivity contribution in [3.63, 3.8) is 0 Å². The number of hydrogen-bond donors (Lipinski definition) is 3. The van der Waals surface area contributed by atoms with Crippen LogP contribution in [0.15, 0.2) is 18.6 Å². The van der Waals surface area contributed by atoms with Gasteiger partial charge in [0.15, 0.2) is 17.5 Å². The quantitative estimate of drug-likeness (QED) is 0.397. The van der Waals surface area contributed by atoms with Crippen molar-refractivity contribution in [3.8, 4) is 0 Å². The van der Waals surface area contributed by atoms with Crippen LogP contribution in [0.1, 0.15) is 59.6 Å². The Morgan fingerprint density at radius 2 is 1.16 bits per heavy atom. The standard InChI is InChI=1S/C22H29N9O6/c1-8-36-20(34)17-25-13(10-31(17)7)27-18(32)15-23-12(9-29(15)5)26-19(33)16-24-14(11-30(16)6)28-21(35)37-22(2,3)4/h9-11H,8H2,1-7H3,(H,26,33)(H,27,32)(H,28,35). The van der Waals surface area contributed by atoms with Gasteiger partial charge in [0.25, 0.3) is 11.8 Å². The number of imidazole rings is 3. The van der Waals surface area contributed by atoms with Gasteiger partial charge in [0.1, 0.15) is 5.60 Å². The number of aromatic nitrogens is 6. The number of rotatable bonds is 7. The number of esters is 1. The Hall–Kier alpha value is -4.69. The number of anilines is 3. The predicted molar refractivity (Wildman–Crippen MR) is 131 cm³/mol. The first-order valence-corrected chi connectivity index (χ1v) is 11.2. The first kappa shape index (κ1) is 26.9. The monoisotopic (exact) mass is 515 g/mol. The van der Waals surface area contributed by atoms with E-state index in [1.54, 1.807) is 48.8 Å². The van der Waals surface area contributed by atoms with Gasteiger partial charge in [-0.25, -0.2) is 24.5 Å². The van der Waals surface area contributed by atoms with Crippen molar-refractivity contribution in [3.05, 3.63) is 36.1 Å². The highest BCUT2D eigenvalue weighted by Gasteiger charge is 2.22. The van der Waals surface area contributed by atoms with E-state index in [0.717, 1.165) is 0 Å². The van der Waals surface area contributed by atoms with Gasteiger partial charge in [0, 0.05) is 39.7 Å². The van der Waals surface area contributed by atoms with E-state index in [0.29, 0.717) is 0 Å². The van der Waals surface area contributed by atoms with E-state index in [9.17, 15) is 19.2 Å². The van der Waals surface area contributed by atoms with Gasteiger partial charge >= 0.3 is 12.1 Å². The highest BCUT2D eigenvalue weighted by Crippen LogP contribution is 2.15. The van der Waals surface area contributed by atoms with Gasteiger partial charge in [0.05, 0.1) is 6.61 Å². The largest absolute Gasteiger partial charge is 0.460 e. The Balaban J connectivity index is 1.68. The highest BCUT2D eigenvalue weighted by atomic mass is 16.6. The van der Waals surface area contributed by atoms with Crippen LogP contribution in [0.5, 0.6) is 0 Å². The van der Waals surface area contributed by atoms with E-state index in [1.165, 1.54) is 32.3 Å². The van der Waals surface area contributed by atoms with E-state index >= 15 is 0 Å². The summed E-state index contributed by atoms with van der Waals surface area (Å²) in [6.07, 6.45) is 3.64. The average molecular weight is 516 g/mol. The Kier molecular flexibility index (Phi) is 7.64. The van der Waals surface area contributed by atoms with Crippen molar-refractivity contribution in [1.29, 1.82) is 0 Å². The molecule has 0 fully saturated rings. The van der Waals surface area contributed by atoms with E-state index in [1.807, 2.05) is 0 Å². The van der Waals surface area contributed by atoms with Gasteiger partial charge in [-0.2, -0.15) is 0 Å². The molecule has 3 rings (SSSR count). The molecule has 0 unspecified atom stereocenters. The molecule has 0 aromatic carbocycles. The molecule has 0 atom stereocenters. The third kappa shape index (κ3) is 6.71. The lowest BCUT2D eigenvalue weighted by Crippen LogP contribution is -2.27. The molecule has 3 N–H and O–H groups in total. The summed E-state index contributed by atoms with van der Waals surface area (Å²) in [5.41, 5.74) is -0.693. The lowest BCUT2D eigenvalue weighted by Gasteiger charge is -2.18. The number of nitrogens with zero attached hydrogens (tertiary/aromatic N) is 6. The van der Waals surface area contributed by atoms with Crippen LogP contribution in [0.25, 0.3) is 0 Å². The Bertz CT molecular complexity index is 1350. The van der Waals surface area contributed by atoms with Gasteiger partial charge in [0.2, 0.25) is 17.5 Å². The molecule has 37 heavy (non-hydrogen) atoms. The van der Waals surface area contributed by atoms with Crippen LogP contribution in [0.3, 0.4) is 0 Å². The Morgan fingerprint density at radius 3 is 1.59 bits per heavy atom. The molecular formula is C22H29N9O6. The summed E-state index contributed by atoms with van der Waals surface area (Å²) in [7, 11) is 4.75. The second-order valence-corrected chi connectivity index (χ2v) is 8.94. The number of nitrogens with one attached hydrogen (secondary N) is 3. The summed E-state index contributed by atoms with van der Waals surface area (Å²) in [6.45, 7) is 7.04. The van der Waals surface area contributed by atoms with Crippen molar-refractivity contribution in [2.75, 3.05) is 22.6 Å². The van der Waals surface area contributed by atoms with E-state index in [2.05, 4.69) is 30.9 Å². The van der Waals surface area contributed by atoms with Crippen LogP contribution in [0.2, 0.25) is 0 Å². The number of carbonyl (C=O) groups is 4. The fourth-order valence-corrected chi connectivity index (χ4v) is 3.14. The van der Waals surface area contributed by atoms with E-state index in [-0.39, 0.29) is 41.5 Å². The summed E-state index contributed by atoms with van der Waals surface area (Å²) in [5, 5.41) is 7.59. The maximum atomic E-state index is 12.8. The van der Waals surface area contributed by atoms with Gasteiger partial charge < -0.3 is 33.8 Å². The van der Waals surface area contributed by atoms with Crippen LogP contribution in [-0.2, 0) is 30.6 Å². The first-order valence-electron chi connectivity index (χ1n) is 11.2. The van der Waals surface area contributed by atoms with Crippen molar-refractivity contribution in [2.45, 2.75) is 33.3 Å². The molecule has 15 nitrogen and oxygen atoms in total. The van der Waals surface area contributed by atoms with Gasteiger partial charge in [-0.05, 0) is 27.7 Å². The van der Waals surface area contributed by atoms with Gasteiger partial charge in [-0.3, -0.25) is 14.9 Å². The molecule has 0 bridgehead atoms. The molecule has 0 aliphatic heterocycles. The maximum Gasteiger partial charge on any atom is 0.413 e. The minimum atomic E-state index is -0.708. The molecule has 0 saturated heterocycles. The van der Waals surface area contributed by atoms with Crippen molar-refractivity contribution >= 4 is 41.3 Å². The number of aryl methyl sites for hydroxylation is 3. The second kappa shape index (κ2) is 10.5. The molecule has 3 aromatic heterocycles. The van der Waals surface area contributed by atoms with Crippen LogP contribution < -0.4 is 16.0 Å². The zero-order chi connectivity index (χ0) is 27.5. The van der Waals surface area contributed by atoms with Crippen LogP contribution in [-0.4, -0.2) is 64.7 Å². The fraction of sp³-hybridized carbons (Fsp3) is 0.409. The molecule has 3 aromatic rings. The molecular weight excluding hydrogens is 486 g/mol. The van der Waals surface area contributed by atoms with Crippen molar-refractivity contribution in [1.82, 2.24) is 28.7 Å². The average Bonchev–Trinajstić information content (AvgIpc) is 3.43. The number of ether oxygens (including phenoxy) is 2. The van der Waals surface area contributed by atoms with Crippen LogP contribution >= 0.6 is 0 Å². The minimum Gasteiger partial charge on any atom is -0.460 e. The zero-order valence-electron chi connectivity index (χ0n) is 21.6. The first-order chi connectivity index (χ1) is 17.3. The normalized spacial score (nSPS) is 11.1. The summed E-state index contributed by atoms with van der Waals surface area (Å²) in [5.74, 6) is -1.51. The molecule has 15 heteroatoms. The predicted octanol–water partition coefficient (Wildman–Crippen LogP) is 1.92. The molecule has 3 heterocycles. The highest BCUT2D eigenvalue weighted by molar-refractivity contribution is 6.04. The molecule has 0 aliphatic carbocycles. The smallest absolute Gasteiger partial charge is 0.413 e. The number of amides is 3. The Morgan fingerprint density at radius 1 is 0.757 bits per heavy atom.